The third-order valence-electron chi connectivity index (χ3n) is 3.38. The second kappa shape index (κ2) is 6.17. The zero-order valence-corrected chi connectivity index (χ0v) is 11.2. The van der Waals surface area contributed by atoms with Gasteiger partial charge in [0.15, 0.2) is 0 Å². The van der Waals surface area contributed by atoms with Crippen LogP contribution in [0.15, 0.2) is 15.8 Å². The van der Waals surface area contributed by atoms with Crippen molar-refractivity contribution in [2.45, 2.75) is 51.5 Å². The first-order chi connectivity index (χ1) is 8.31. The highest BCUT2D eigenvalue weighted by Gasteiger charge is 2.13. The molecule has 0 amide bonds. The fourth-order valence-electron chi connectivity index (χ4n) is 2.36. The molecule has 94 valence electrons. The molecule has 0 unspecified atom stereocenters. The molecule has 1 fully saturated rings. The molecule has 0 aliphatic heterocycles. The third-order valence-corrected chi connectivity index (χ3v) is 4.25. The van der Waals surface area contributed by atoms with Crippen molar-refractivity contribution in [2.75, 3.05) is 0 Å². The molecule has 17 heavy (non-hydrogen) atoms. The normalized spacial score (nSPS) is 19.1. The molecule has 0 aromatic carbocycles. The number of nitrogens with two attached hydrogens (primary N) is 1. The van der Waals surface area contributed by atoms with E-state index in [-0.39, 0.29) is 0 Å². The van der Waals surface area contributed by atoms with Crippen LogP contribution in [0.3, 0.4) is 0 Å². The van der Waals surface area contributed by atoms with Gasteiger partial charge in [0.25, 0.3) is 0 Å². The van der Waals surface area contributed by atoms with Gasteiger partial charge < -0.3 is 5.43 Å². The van der Waals surface area contributed by atoms with E-state index in [2.05, 4.69) is 23.1 Å². The first-order valence-corrected chi connectivity index (χ1v) is 7.33. The summed E-state index contributed by atoms with van der Waals surface area (Å²) in [7, 11) is 0. The molecule has 4 heteroatoms. The maximum Gasteiger partial charge on any atom is 0.143 e. The molecule has 1 aliphatic rings. The zero-order valence-electron chi connectivity index (χ0n) is 10.4. The highest BCUT2D eigenvalue weighted by molar-refractivity contribution is 7.08. The van der Waals surface area contributed by atoms with Crippen LogP contribution >= 0.6 is 11.3 Å². The topological polar surface area (TPSA) is 50.4 Å². The Bertz CT molecular complexity index is 376. The van der Waals surface area contributed by atoms with Gasteiger partial charge in [0, 0.05) is 10.9 Å². The van der Waals surface area contributed by atoms with E-state index in [0.717, 1.165) is 11.4 Å². The molecule has 0 bridgehead atoms. The van der Waals surface area contributed by atoms with Crippen molar-refractivity contribution in [1.82, 2.24) is 5.43 Å². The lowest BCUT2D eigenvalue weighted by Gasteiger charge is -2.12. The standard InChI is InChI=1S/C13H21N3S/c1-10-8-17-9-12(10)13(16-14)15-11-6-4-2-3-5-7-11/h8-9,11H,2-7,14H2,1H3,(H,15,16). The van der Waals surface area contributed by atoms with Gasteiger partial charge in [0.1, 0.15) is 5.84 Å². The lowest BCUT2D eigenvalue weighted by molar-refractivity contribution is 0.583. The van der Waals surface area contributed by atoms with Gasteiger partial charge in [0.2, 0.25) is 0 Å². The lowest BCUT2D eigenvalue weighted by Crippen LogP contribution is -2.32. The van der Waals surface area contributed by atoms with Crippen LogP contribution in [0.2, 0.25) is 0 Å². The average Bonchev–Trinajstić information content (AvgIpc) is 2.62. The first kappa shape index (κ1) is 12.6. The highest BCUT2D eigenvalue weighted by Crippen LogP contribution is 2.21. The summed E-state index contributed by atoms with van der Waals surface area (Å²) in [4.78, 5) is 4.80. The number of thiophene rings is 1. The van der Waals surface area contributed by atoms with E-state index in [1.807, 2.05) is 0 Å². The van der Waals surface area contributed by atoms with E-state index in [4.69, 9.17) is 10.8 Å². The Hall–Kier alpha value is -0.870. The van der Waals surface area contributed by atoms with Gasteiger partial charge >= 0.3 is 0 Å². The van der Waals surface area contributed by atoms with Gasteiger partial charge in [-0.2, -0.15) is 11.3 Å². The number of hydrazine groups is 1. The second-order valence-electron chi connectivity index (χ2n) is 4.74. The van der Waals surface area contributed by atoms with Crippen LogP contribution in [0.5, 0.6) is 0 Å². The number of hydrogen-bond acceptors (Lipinski definition) is 3. The van der Waals surface area contributed by atoms with Crippen LogP contribution in [0.4, 0.5) is 0 Å². The predicted octanol–water partition coefficient (Wildman–Crippen LogP) is 2.99. The minimum atomic E-state index is 0.447. The molecule has 0 radical (unpaired) electrons. The maximum atomic E-state index is 5.61. The highest BCUT2D eigenvalue weighted by atomic mass is 32.1. The second-order valence-corrected chi connectivity index (χ2v) is 5.48. The molecule has 3 N–H and O–H groups in total. The van der Waals surface area contributed by atoms with Crippen molar-refractivity contribution in [1.29, 1.82) is 0 Å². The molecule has 2 rings (SSSR count). The Kier molecular flexibility index (Phi) is 4.57. The van der Waals surface area contributed by atoms with Crippen molar-refractivity contribution in [3.63, 3.8) is 0 Å². The number of nitrogens with one attached hydrogen (secondary N) is 1. The number of rotatable bonds is 2. The number of amidine groups is 1. The first-order valence-electron chi connectivity index (χ1n) is 6.39. The summed E-state index contributed by atoms with van der Waals surface area (Å²) in [6.45, 7) is 2.10. The molecule has 1 saturated carbocycles. The Labute approximate surface area is 107 Å². The Morgan fingerprint density at radius 2 is 2.00 bits per heavy atom. The van der Waals surface area contributed by atoms with E-state index >= 15 is 0 Å². The predicted molar refractivity (Wildman–Crippen MR) is 74.4 cm³/mol. The summed E-state index contributed by atoms with van der Waals surface area (Å²) in [6.07, 6.45) is 7.72. The fourth-order valence-corrected chi connectivity index (χ4v) is 3.19. The van der Waals surface area contributed by atoms with Crippen LogP contribution in [0.1, 0.15) is 49.7 Å². The summed E-state index contributed by atoms with van der Waals surface area (Å²) < 4.78 is 0. The van der Waals surface area contributed by atoms with Gasteiger partial charge in [0.05, 0.1) is 6.04 Å². The summed E-state index contributed by atoms with van der Waals surface area (Å²) in [6, 6.07) is 0.447. The largest absolute Gasteiger partial charge is 0.308 e. The van der Waals surface area contributed by atoms with Crippen LogP contribution in [-0.4, -0.2) is 11.9 Å². The minimum absolute atomic E-state index is 0.447. The van der Waals surface area contributed by atoms with Gasteiger partial charge in [-0.15, -0.1) is 0 Å². The summed E-state index contributed by atoms with van der Waals surface area (Å²) in [5.74, 6) is 6.47. The van der Waals surface area contributed by atoms with Crippen LogP contribution in [0.25, 0.3) is 0 Å². The molecular weight excluding hydrogens is 230 g/mol. The van der Waals surface area contributed by atoms with E-state index < -0.39 is 0 Å². The Morgan fingerprint density at radius 1 is 1.29 bits per heavy atom. The van der Waals surface area contributed by atoms with Crippen LogP contribution in [-0.2, 0) is 0 Å². The van der Waals surface area contributed by atoms with Crippen molar-refractivity contribution >= 4 is 17.2 Å². The van der Waals surface area contributed by atoms with Gasteiger partial charge in [-0.3, -0.25) is 4.99 Å². The lowest BCUT2D eigenvalue weighted by atomic mass is 10.1. The molecule has 3 nitrogen and oxygen atoms in total. The number of aliphatic imine (C=N–C) groups is 1. The monoisotopic (exact) mass is 251 g/mol. The van der Waals surface area contributed by atoms with Crippen molar-refractivity contribution in [3.05, 3.63) is 21.9 Å². The van der Waals surface area contributed by atoms with E-state index in [1.54, 1.807) is 11.3 Å². The summed E-state index contributed by atoms with van der Waals surface area (Å²) in [5.41, 5.74) is 5.17. The fraction of sp³-hybridized carbons (Fsp3) is 0.615. The Morgan fingerprint density at radius 3 is 2.53 bits per heavy atom. The van der Waals surface area contributed by atoms with Crippen LogP contribution in [0, 0.1) is 6.92 Å². The van der Waals surface area contributed by atoms with Gasteiger partial charge in [-0.1, -0.05) is 25.7 Å². The molecular formula is C13H21N3S. The number of aryl methyl sites for hydroxylation is 1. The molecule has 1 aliphatic carbocycles. The summed E-state index contributed by atoms with van der Waals surface area (Å²) >= 11 is 1.70. The molecule has 1 heterocycles. The van der Waals surface area contributed by atoms with Gasteiger partial charge in [-0.25, -0.2) is 5.84 Å². The average molecular weight is 251 g/mol. The van der Waals surface area contributed by atoms with Crippen molar-refractivity contribution in [3.8, 4) is 0 Å². The van der Waals surface area contributed by atoms with E-state index in [0.29, 0.717) is 6.04 Å². The molecule has 1 aromatic rings. The number of nitrogens with zero attached hydrogens (tertiary/aromatic N) is 1. The smallest absolute Gasteiger partial charge is 0.143 e. The maximum absolute atomic E-state index is 5.61. The molecule has 0 atom stereocenters. The number of hydrogen-bond donors (Lipinski definition) is 2. The summed E-state index contributed by atoms with van der Waals surface area (Å²) in [5, 5.41) is 4.25. The third kappa shape index (κ3) is 3.30. The minimum Gasteiger partial charge on any atom is -0.308 e. The van der Waals surface area contributed by atoms with E-state index in [9.17, 15) is 0 Å². The van der Waals surface area contributed by atoms with E-state index in [1.165, 1.54) is 44.1 Å². The molecule has 0 spiro atoms. The van der Waals surface area contributed by atoms with Gasteiger partial charge in [-0.05, 0) is 30.7 Å². The van der Waals surface area contributed by atoms with Crippen molar-refractivity contribution < 1.29 is 0 Å². The Balaban J connectivity index is 2.14. The molecule has 1 aromatic heterocycles. The SMILES string of the molecule is Cc1cscc1C(=NC1CCCCCC1)NN. The molecule has 0 saturated heterocycles. The van der Waals surface area contributed by atoms with Crippen LogP contribution < -0.4 is 11.3 Å². The zero-order chi connectivity index (χ0) is 12.1. The quantitative estimate of drug-likeness (QED) is 0.279. The van der Waals surface area contributed by atoms with Crippen molar-refractivity contribution in [2.24, 2.45) is 10.8 Å².